The average Bonchev–Trinajstić information content (AvgIpc) is 3.08. The number of nitro benzene ring substituents is 1. The van der Waals surface area contributed by atoms with Gasteiger partial charge >= 0.3 is 0 Å². The monoisotopic (exact) mass is 387 g/mol. The van der Waals surface area contributed by atoms with Crippen LogP contribution in [0.1, 0.15) is 30.6 Å². The normalized spacial score (nSPS) is 16.5. The van der Waals surface area contributed by atoms with Crippen LogP contribution in [-0.4, -0.2) is 45.3 Å². The van der Waals surface area contributed by atoms with Crippen LogP contribution in [0.3, 0.4) is 0 Å². The average molecular weight is 387 g/mol. The van der Waals surface area contributed by atoms with E-state index in [-0.39, 0.29) is 11.7 Å². The highest BCUT2D eigenvalue weighted by Gasteiger charge is 2.22. The zero-order valence-corrected chi connectivity index (χ0v) is 16.1. The van der Waals surface area contributed by atoms with Gasteiger partial charge < -0.3 is 15.4 Å². The molecule has 0 radical (unpaired) electrons. The predicted molar refractivity (Wildman–Crippen MR) is 104 cm³/mol. The molecule has 1 aliphatic heterocycles. The van der Waals surface area contributed by atoms with Crippen LogP contribution < -0.4 is 10.6 Å². The summed E-state index contributed by atoms with van der Waals surface area (Å²) in [6.07, 6.45) is 1.75. The van der Waals surface area contributed by atoms with Crippen molar-refractivity contribution in [2.45, 2.75) is 45.5 Å². The van der Waals surface area contributed by atoms with Gasteiger partial charge in [-0.1, -0.05) is 12.1 Å². The second kappa shape index (κ2) is 9.27. The molecule has 28 heavy (non-hydrogen) atoms. The number of non-ortho nitro benzene ring substituents is 1. The first-order valence-electron chi connectivity index (χ1n) is 9.28. The van der Waals surface area contributed by atoms with E-state index in [1.807, 2.05) is 17.7 Å². The fourth-order valence-corrected chi connectivity index (χ4v) is 3.12. The smallest absolute Gasteiger partial charge is 0.269 e. The third-order valence-corrected chi connectivity index (χ3v) is 4.40. The highest BCUT2D eigenvalue weighted by Crippen LogP contribution is 2.15. The van der Waals surface area contributed by atoms with Crippen LogP contribution in [0.15, 0.2) is 29.3 Å². The van der Waals surface area contributed by atoms with E-state index < -0.39 is 4.92 Å². The molecular formula is C18H25N7O3. The molecule has 10 nitrogen and oxygen atoms in total. The number of methoxy groups -OCH3 is 1. The van der Waals surface area contributed by atoms with Gasteiger partial charge in [0, 0.05) is 38.2 Å². The van der Waals surface area contributed by atoms with E-state index >= 15 is 0 Å². The quantitative estimate of drug-likeness (QED) is 0.319. The van der Waals surface area contributed by atoms with Crippen LogP contribution in [0.25, 0.3) is 0 Å². The lowest BCUT2D eigenvalue weighted by molar-refractivity contribution is -0.384. The van der Waals surface area contributed by atoms with Crippen molar-refractivity contribution < 1.29 is 9.66 Å². The van der Waals surface area contributed by atoms with Crippen LogP contribution in [0.5, 0.6) is 0 Å². The first kappa shape index (κ1) is 19.7. The molecule has 0 bridgehead atoms. The highest BCUT2D eigenvalue weighted by molar-refractivity contribution is 5.80. The van der Waals surface area contributed by atoms with Gasteiger partial charge in [0.15, 0.2) is 11.8 Å². The minimum Gasteiger partial charge on any atom is -0.377 e. The zero-order valence-electron chi connectivity index (χ0n) is 16.1. The van der Waals surface area contributed by atoms with E-state index in [1.165, 1.54) is 6.07 Å². The summed E-state index contributed by atoms with van der Waals surface area (Å²) in [6.45, 7) is 4.19. The first-order chi connectivity index (χ1) is 13.6. The molecule has 2 aromatic rings. The molecule has 1 aliphatic rings. The third kappa shape index (κ3) is 5.03. The molecule has 0 aliphatic carbocycles. The molecule has 0 saturated heterocycles. The number of rotatable bonds is 7. The molecule has 1 aromatic heterocycles. The van der Waals surface area contributed by atoms with Crippen LogP contribution in [0.2, 0.25) is 0 Å². The molecule has 3 rings (SSSR count). The summed E-state index contributed by atoms with van der Waals surface area (Å²) in [6, 6.07) is 6.71. The Morgan fingerprint density at radius 2 is 2.36 bits per heavy atom. The Hall–Kier alpha value is -3.01. The predicted octanol–water partition coefficient (Wildman–Crippen LogP) is 1.40. The van der Waals surface area contributed by atoms with Crippen molar-refractivity contribution in [3.8, 4) is 0 Å². The van der Waals surface area contributed by atoms with Gasteiger partial charge in [-0.05, 0) is 18.9 Å². The summed E-state index contributed by atoms with van der Waals surface area (Å²) in [5.74, 6) is 2.35. The van der Waals surface area contributed by atoms with E-state index in [4.69, 9.17) is 4.74 Å². The molecule has 150 valence electrons. The molecule has 2 N–H and O–H groups in total. The summed E-state index contributed by atoms with van der Waals surface area (Å²) >= 11 is 0. The molecule has 10 heteroatoms. The molecular weight excluding hydrogens is 362 g/mol. The van der Waals surface area contributed by atoms with E-state index in [0.717, 1.165) is 30.8 Å². The van der Waals surface area contributed by atoms with Gasteiger partial charge in [0.25, 0.3) is 5.69 Å². The summed E-state index contributed by atoms with van der Waals surface area (Å²) in [5, 5.41) is 22.1. The van der Waals surface area contributed by atoms with Gasteiger partial charge in [-0.2, -0.15) is 5.10 Å². The van der Waals surface area contributed by atoms with Gasteiger partial charge in [0.1, 0.15) is 12.4 Å². The molecule has 1 atom stereocenters. The van der Waals surface area contributed by atoms with Crippen LogP contribution in [0, 0.1) is 10.1 Å². The summed E-state index contributed by atoms with van der Waals surface area (Å²) < 4.78 is 7.02. The second-order valence-electron chi connectivity index (χ2n) is 6.56. The number of ether oxygens (including phenoxy) is 1. The van der Waals surface area contributed by atoms with Crippen molar-refractivity contribution in [3.05, 3.63) is 51.6 Å². The molecule has 1 aromatic carbocycles. The fourth-order valence-electron chi connectivity index (χ4n) is 3.12. The zero-order chi connectivity index (χ0) is 19.9. The van der Waals surface area contributed by atoms with Gasteiger partial charge in [-0.25, -0.2) is 14.7 Å². The van der Waals surface area contributed by atoms with Crippen molar-refractivity contribution >= 4 is 11.6 Å². The molecule has 0 fully saturated rings. The van der Waals surface area contributed by atoms with Crippen LogP contribution >= 0.6 is 0 Å². The van der Waals surface area contributed by atoms with Crippen molar-refractivity contribution in [3.63, 3.8) is 0 Å². The summed E-state index contributed by atoms with van der Waals surface area (Å²) in [4.78, 5) is 19.6. The number of fused-ring (bicyclic) bond motifs is 1. The van der Waals surface area contributed by atoms with E-state index in [9.17, 15) is 10.1 Å². The van der Waals surface area contributed by atoms with E-state index in [0.29, 0.717) is 31.5 Å². The minimum atomic E-state index is -0.397. The maximum atomic E-state index is 10.9. The van der Waals surface area contributed by atoms with Crippen molar-refractivity contribution in [2.24, 2.45) is 4.99 Å². The van der Waals surface area contributed by atoms with Gasteiger partial charge in [-0.3, -0.25) is 10.1 Å². The molecule has 0 saturated carbocycles. The fraction of sp³-hybridized carbons (Fsp3) is 0.500. The Bertz CT molecular complexity index is 849. The molecule has 1 unspecified atom stereocenters. The number of aliphatic imine (C=N–C) groups is 1. The Labute approximate surface area is 163 Å². The SMILES string of the molecule is CCNC(=NCc1cccc([N+](=O)[O-])c1)NC1CCc2nc(COC)nn2C1. The molecule has 0 spiro atoms. The third-order valence-electron chi connectivity index (χ3n) is 4.40. The lowest BCUT2D eigenvalue weighted by Crippen LogP contribution is -2.47. The van der Waals surface area contributed by atoms with Crippen molar-refractivity contribution in [1.82, 2.24) is 25.4 Å². The summed E-state index contributed by atoms with van der Waals surface area (Å²) in [5.41, 5.74) is 0.862. The van der Waals surface area contributed by atoms with Gasteiger partial charge in [0.05, 0.1) is 18.0 Å². The summed E-state index contributed by atoms with van der Waals surface area (Å²) in [7, 11) is 1.63. The number of guanidine groups is 1. The number of nitro groups is 1. The number of benzene rings is 1. The van der Waals surface area contributed by atoms with Crippen molar-refractivity contribution in [1.29, 1.82) is 0 Å². The topological polar surface area (TPSA) is 120 Å². The van der Waals surface area contributed by atoms with E-state index in [1.54, 1.807) is 19.2 Å². The number of aromatic nitrogens is 3. The van der Waals surface area contributed by atoms with Crippen molar-refractivity contribution in [2.75, 3.05) is 13.7 Å². The number of hydrogen-bond donors (Lipinski definition) is 2. The Balaban J connectivity index is 1.65. The molecule has 2 heterocycles. The van der Waals surface area contributed by atoms with Crippen LogP contribution in [-0.2, 0) is 30.9 Å². The lowest BCUT2D eigenvalue weighted by atomic mass is 10.1. The lowest BCUT2D eigenvalue weighted by Gasteiger charge is -2.25. The maximum Gasteiger partial charge on any atom is 0.269 e. The number of nitrogens with one attached hydrogen (secondary N) is 2. The maximum absolute atomic E-state index is 10.9. The molecule has 0 amide bonds. The Kier molecular flexibility index (Phi) is 6.53. The second-order valence-corrected chi connectivity index (χ2v) is 6.56. The van der Waals surface area contributed by atoms with Crippen LogP contribution in [0.4, 0.5) is 5.69 Å². The largest absolute Gasteiger partial charge is 0.377 e. The minimum absolute atomic E-state index is 0.0727. The van der Waals surface area contributed by atoms with Gasteiger partial charge in [-0.15, -0.1) is 0 Å². The van der Waals surface area contributed by atoms with Gasteiger partial charge in [0.2, 0.25) is 0 Å². The highest BCUT2D eigenvalue weighted by atomic mass is 16.6. The number of nitrogens with zero attached hydrogens (tertiary/aromatic N) is 5. The Morgan fingerprint density at radius 1 is 1.50 bits per heavy atom. The Morgan fingerprint density at radius 3 is 3.11 bits per heavy atom. The standard InChI is InChI=1S/C18H25N7O3/c1-3-19-18(20-10-13-5-4-6-15(9-13)25(26)27)21-14-7-8-17-22-16(12-28-2)23-24(17)11-14/h4-6,9,14H,3,7-8,10-12H2,1-2H3,(H2,19,20,21). The first-order valence-corrected chi connectivity index (χ1v) is 9.28. The number of aryl methyl sites for hydroxylation is 1. The van der Waals surface area contributed by atoms with E-state index in [2.05, 4.69) is 25.7 Å². The number of hydrogen-bond acceptors (Lipinski definition) is 6.